The fourth-order valence-electron chi connectivity index (χ4n) is 1.72. The lowest BCUT2D eigenvalue weighted by Crippen LogP contribution is -2.33. The topological polar surface area (TPSA) is 46.6 Å². The summed E-state index contributed by atoms with van der Waals surface area (Å²) < 4.78 is 5.44. The van der Waals surface area contributed by atoms with Gasteiger partial charge in [0.1, 0.15) is 9.57 Å². The molecule has 0 aromatic rings. The van der Waals surface area contributed by atoms with E-state index < -0.39 is 5.25 Å². The fraction of sp³-hybridized carbons (Fsp3) is 0.750. The van der Waals surface area contributed by atoms with Gasteiger partial charge in [0.2, 0.25) is 5.91 Å². The quantitative estimate of drug-likeness (QED) is 0.409. The number of esters is 1. The van der Waals surface area contributed by atoms with Crippen LogP contribution in [-0.4, -0.2) is 39.5 Å². The molecule has 1 rings (SSSR count). The van der Waals surface area contributed by atoms with Gasteiger partial charge in [-0.1, -0.05) is 43.7 Å². The van der Waals surface area contributed by atoms with Crippen LogP contribution in [0.5, 0.6) is 0 Å². The summed E-state index contributed by atoms with van der Waals surface area (Å²) in [7, 11) is 0. The van der Waals surface area contributed by atoms with Crippen molar-refractivity contribution in [1.29, 1.82) is 0 Å². The predicted octanol–water partition coefficient (Wildman–Crippen LogP) is 2.36. The average Bonchev–Trinajstić information content (AvgIpc) is 2.57. The van der Waals surface area contributed by atoms with Gasteiger partial charge < -0.3 is 4.74 Å². The highest BCUT2D eigenvalue weighted by atomic mass is 32.2. The minimum absolute atomic E-state index is 0.0471. The zero-order chi connectivity index (χ0) is 13.5. The molecule has 1 heterocycles. The Morgan fingerprint density at radius 3 is 2.78 bits per heavy atom. The maximum Gasteiger partial charge on any atom is 0.307 e. The second kappa shape index (κ2) is 7.74. The molecule has 0 spiro atoms. The van der Waals surface area contributed by atoms with E-state index in [1.807, 2.05) is 0 Å². The van der Waals surface area contributed by atoms with E-state index in [0.29, 0.717) is 17.5 Å². The molecule has 0 bridgehead atoms. The molecule has 0 saturated carbocycles. The third-order valence-electron chi connectivity index (χ3n) is 2.65. The molecule has 1 amide bonds. The first-order valence-electron chi connectivity index (χ1n) is 6.27. The number of nitrogens with zero attached hydrogens (tertiary/aromatic N) is 1. The SMILES string of the molecule is CCCCCN1C(=O)C(CC(=O)OCC)SC1=S. The Balaban J connectivity index is 2.47. The van der Waals surface area contributed by atoms with Crippen molar-refractivity contribution in [3.8, 4) is 0 Å². The van der Waals surface area contributed by atoms with E-state index in [4.69, 9.17) is 17.0 Å². The maximum atomic E-state index is 12.1. The second-order valence-electron chi connectivity index (χ2n) is 4.08. The van der Waals surface area contributed by atoms with Crippen molar-refractivity contribution in [2.24, 2.45) is 0 Å². The van der Waals surface area contributed by atoms with Crippen LogP contribution in [0.15, 0.2) is 0 Å². The summed E-state index contributed by atoms with van der Waals surface area (Å²) in [6.07, 6.45) is 3.25. The number of ether oxygens (including phenoxy) is 1. The third kappa shape index (κ3) is 4.24. The highest BCUT2D eigenvalue weighted by Crippen LogP contribution is 2.30. The van der Waals surface area contributed by atoms with Gasteiger partial charge in [-0.15, -0.1) is 0 Å². The molecule has 18 heavy (non-hydrogen) atoms. The number of hydrogen-bond acceptors (Lipinski definition) is 5. The van der Waals surface area contributed by atoms with E-state index in [1.165, 1.54) is 11.8 Å². The lowest BCUT2D eigenvalue weighted by molar-refractivity contribution is -0.144. The monoisotopic (exact) mass is 289 g/mol. The summed E-state index contributed by atoms with van der Waals surface area (Å²) in [5, 5.41) is -0.391. The minimum atomic E-state index is -0.391. The summed E-state index contributed by atoms with van der Waals surface area (Å²) in [5.74, 6) is -0.379. The van der Waals surface area contributed by atoms with Crippen LogP contribution in [0.2, 0.25) is 0 Å². The van der Waals surface area contributed by atoms with E-state index >= 15 is 0 Å². The van der Waals surface area contributed by atoms with Crippen LogP contribution in [0.3, 0.4) is 0 Å². The number of hydrogen-bond donors (Lipinski definition) is 0. The van der Waals surface area contributed by atoms with E-state index in [2.05, 4.69) is 6.92 Å². The van der Waals surface area contributed by atoms with Crippen LogP contribution in [0.1, 0.15) is 39.5 Å². The molecular weight excluding hydrogens is 270 g/mol. The average molecular weight is 289 g/mol. The third-order valence-corrected chi connectivity index (χ3v) is 4.23. The van der Waals surface area contributed by atoms with Gasteiger partial charge in [0.05, 0.1) is 13.0 Å². The predicted molar refractivity (Wildman–Crippen MR) is 76.5 cm³/mol. The maximum absolute atomic E-state index is 12.1. The Kier molecular flexibility index (Phi) is 6.63. The largest absolute Gasteiger partial charge is 0.466 e. The van der Waals surface area contributed by atoms with Crippen molar-refractivity contribution in [1.82, 2.24) is 4.90 Å². The summed E-state index contributed by atoms with van der Waals surface area (Å²) in [6.45, 7) is 4.87. The molecule has 1 saturated heterocycles. The van der Waals surface area contributed by atoms with Gasteiger partial charge in [-0.05, 0) is 13.3 Å². The molecule has 1 unspecified atom stereocenters. The molecule has 102 valence electrons. The van der Waals surface area contributed by atoms with Gasteiger partial charge in [-0.25, -0.2) is 0 Å². The lowest BCUT2D eigenvalue weighted by Gasteiger charge is -2.14. The number of carbonyl (C=O) groups excluding carboxylic acids is 2. The minimum Gasteiger partial charge on any atom is -0.466 e. The van der Waals surface area contributed by atoms with Gasteiger partial charge >= 0.3 is 5.97 Å². The Morgan fingerprint density at radius 2 is 2.17 bits per heavy atom. The number of thioether (sulfide) groups is 1. The Hall–Kier alpha value is -0.620. The number of thiocarbonyl (C=S) groups is 1. The van der Waals surface area contributed by atoms with Crippen molar-refractivity contribution in [3.05, 3.63) is 0 Å². The van der Waals surface area contributed by atoms with Crippen molar-refractivity contribution in [2.45, 2.75) is 44.8 Å². The van der Waals surface area contributed by atoms with Crippen molar-refractivity contribution in [2.75, 3.05) is 13.2 Å². The van der Waals surface area contributed by atoms with E-state index in [9.17, 15) is 9.59 Å². The summed E-state index contributed by atoms with van der Waals surface area (Å²) >= 11 is 6.48. The van der Waals surface area contributed by atoms with E-state index in [1.54, 1.807) is 11.8 Å². The van der Waals surface area contributed by atoms with Crippen molar-refractivity contribution < 1.29 is 14.3 Å². The van der Waals surface area contributed by atoms with Crippen LogP contribution in [-0.2, 0) is 14.3 Å². The first-order chi connectivity index (χ1) is 8.60. The highest BCUT2D eigenvalue weighted by molar-refractivity contribution is 8.24. The summed E-state index contributed by atoms with van der Waals surface area (Å²) in [6, 6.07) is 0. The number of amides is 1. The second-order valence-corrected chi connectivity index (χ2v) is 5.92. The van der Waals surface area contributed by atoms with Crippen LogP contribution in [0.25, 0.3) is 0 Å². The standard InChI is InChI=1S/C12H19NO3S2/c1-3-5-6-7-13-11(15)9(18-12(13)17)8-10(14)16-4-2/h9H,3-8H2,1-2H3. The zero-order valence-corrected chi connectivity index (χ0v) is 12.4. The summed E-state index contributed by atoms with van der Waals surface area (Å²) in [4.78, 5) is 25.1. The molecule has 1 aliphatic rings. The van der Waals surface area contributed by atoms with Crippen LogP contribution in [0.4, 0.5) is 0 Å². The van der Waals surface area contributed by atoms with Crippen LogP contribution in [0, 0.1) is 0 Å². The van der Waals surface area contributed by atoms with Crippen molar-refractivity contribution in [3.63, 3.8) is 0 Å². The van der Waals surface area contributed by atoms with Crippen LogP contribution < -0.4 is 0 Å². The van der Waals surface area contributed by atoms with E-state index in [0.717, 1.165) is 19.3 Å². The van der Waals surface area contributed by atoms with Crippen molar-refractivity contribution >= 4 is 40.2 Å². The molecule has 0 aromatic heterocycles. The smallest absolute Gasteiger partial charge is 0.307 e. The van der Waals surface area contributed by atoms with Crippen LogP contribution >= 0.6 is 24.0 Å². The first-order valence-corrected chi connectivity index (χ1v) is 7.56. The molecule has 1 aliphatic heterocycles. The Morgan fingerprint density at radius 1 is 1.44 bits per heavy atom. The van der Waals surface area contributed by atoms with Gasteiger partial charge in [0.15, 0.2) is 0 Å². The van der Waals surface area contributed by atoms with Gasteiger partial charge in [-0.3, -0.25) is 14.5 Å². The molecule has 6 heteroatoms. The van der Waals surface area contributed by atoms with Gasteiger partial charge in [0.25, 0.3) is 0 Å². The first kappa shape index (κ1) is 15.4. The molecule has 4 nitrogen and oxygen atoms in total. The van der Waals surface area contributed by atoms with Gasteiger partial charge in [0, 0.05) is 6.54 Å². The zero-order valence-electron chi connectivity index (χ0n) is 10.8. The Labute approximate surface area is 117 Å². The highest BCUT2D eigenvalue weighted by Gasteiger charge is 2.37. The molecule has 1 fully saturated rings. The molecule has 0 aliphatic carbocycles. The van der Waals surface area contributed by atoms with Gasteiger partial charge in [-0.2, -0.15) is 0 Å². The molecule has 0 N–H and O–H groups in total. The lowest BCUT2D eigenvalue weighted by atomic mass is 10.2. The number of unbranched alkanes of at least 4 members (excludes halogenated alkanes) is 2. The normalized spacial score (nSPS) is 19.4. The molecule has 1 atom stereocenters. The molecule has 0 aromatic carbocycles. The van der Waals surface area contributed by atoms with E-state index in [-0.39, 0.29) is 18.3 Å². The Bertz CT molecular complexity index is 333. The number of rotatable bonds is 7. The number of carbonyl (C=O) groups is 2. The summed E-state index contributed by atoms with van der Waals surface area (Å²) in [5.41, 5.74) is 0. The molecule has 0 radical (unpaired) electrons. The molecular formula is C12H19NO3S2. The fourth-order valence-corrected chi connectivity index (χ4v) is 3.25.